The van der Waals surface area contributed by atoms with Crippen molar-refractivity contribution in [3.8, 4) is 11.4 Å². The van der Waals surface area contributed by atoms with Crippen molar-refractivity contribution in [3.63, 3.8) is 0 Å². The van der Waals surface area contributed by atoms with Gasteiger partial charge in [0.05, 0.1) is 4.47 Å². The molecule has 0 radical (unpaired) electrons. The highest BCUT2D eigenvalue weighted by Gasteiger charge is 2.11. The fourth-order valence-corrected chi connectivity index (χ4v) is 1.90. The van der Waals surface area contributed by atoms with E-state index in [1.165, 1.54) is 0 Å². The average Bonchev–Trinajstić information content (AvgIpc) is 2.26. The molecule has 0 fully saturated rings. The van der Waals surface area contributed by atoms with Crippen LogP contribution in [0.25, 0.3) is 11.4 Å². The Balaban J connectivity index is 2.62. The molecular weight excluding hydrogens is 311 g/mol. The summed E-state index contributed by atoms with van der Waals surface area (Å²) >= 11 is 15.1. The van der Waals surface area contributed by atoms with E-state index in [0.717, 1.165) is 11.1 Å². The molecule has 0 aliphatic carbocycles. The fourth-order valence-electron chi connectivity index (χ4n) is 1.34. The van der Waals surface area contributed by atoms with Crippen LogP contribution in [0.2, 0.25) is 10.3 Å². The van der Waals surface area contributed by atoms with Gasteiger partial charge in [-0.05, 0) is 28.4 Å². The van der Waals surface area contributed by atoms with E-state index < -0.39 is 0 Å². The van der Waals surface area contributed by atoms with Gasteiger partial charge < -0.3 is 0 Å². The molecule has 0 saturated carbocycles. The molecular formula is C11H7BrCl2N2. The first-order valence-electron chi connectivity index (χ1n) is 4.54. The second-order valence-corrected chi connectivity index (χ2v) is 4.77. The van der Waals surface area contributed by atoms with Crippen LogP contribution in [-0.4, -0.2) is 9.97 Å². The lowest BCUT2D eigenvalue weighted by molar-refractivity contribution is 1.15. The van der Waals surface area contributed by atoms with Gasteiger partial charge >= 0.3 is 0 Å². The number of hydrogen-bond donors (Lipinski definition) is 0. The fraction of sp³-hybridized carbons (Fsp3) is 0.0909. The molecule has 0 saturated heterocycles. The lowest BCUT2D eigenvalue weighted by Gasteiger charge is -2.06. The second-order valence-electron chi connectivity index (χ2n) is 3.26. The zero-order valence-electron chi connectivity index (χ0n) is 8.34. The zero-order valence-corrected chi connectivity index (χ0v) is 11.4. The van der Waals surface area contributed by atoms with Gasteiger partial charge in [-0.15, -0.1) is 0 Å². The van der Waals surface area contributed by atoms with Crippen molar-refractivity contribution < 1.29 is 0 Å². The number of rotatable bonds is 1. The number of halogens is 3. The molecule has 0 aliphatic rings. The molecule has 0 aliphatic heterocycles. The van der Waals surface area contributed by atoms with Gasteiger partial charge in [-0.1, -0.05) is 47.5 Å². The Morgan fingerprint density at radius 3 is 2.19 bits per heavy atom. The molecule has 16 heavy (non-hydrogen) atoms. The Bertz CT molecular complexity index is 520. The molecule has 1 aromatic carbocycles. The van der Waals surface area contributed by atoms with Crippen LogP contribution in [0.1, 0.15) is 5.56 Å². The molecule has 0 unspecified atom stereocenters. The summed E-state index contributed by atoms with van der Waals surface area (Å²) in [6, 6.07) is 7.81. The van der Waals surface area contributed by atoms with E-state index in [4.69, 9.17) is 23.2 Å². The minimum Gasteiger partial charge on any atom is -0.215 e. The molecule has 82 valence electrons. The predicted molar refractivity (Wildman–Crippen MR) is 69.9 cm³/mol. The lowest BCUT2D eigenvalue weighted by atomic mass is 10.1. The maximum atomic E-state index is 5.94. The van der Waals surface area contributed by atoms with Crippen LogP contribution < -0.4 is 0 Å². The number of nitrogens with zero attached hydrogens (tertiary/aromatic N) is 2. The molecule has 0 spiro atoms. The Labute approximate surface area is 112 Å². The van der Waals surface area contributed by atoms with Gasteiger partial charge in [0.1, 0.15) is 10.3 Å². The van der Waals surface area contributed by atoms with Gasteiger partial charge in [0, 0.05) is 5.56 Å². The Morgan fingerprint density at radius 2 is 1.62 bits per heavy atom. The van der Waals surface area contributed by atoms with Crippen LogP contribution in [0.3, 0.4) is 0 Å². The molecule has 1 heterocycles. The van der Waals surface area contributed by atoms with Crippen molar-refractivity contribution in [2.24, 2.45) is 0 Å². The van der Waals surface area contributed by atoms with Crippen molar-refractivity contribution in [2.45, 2.75) is 6.92 Å². The number of hydrogen-bond acceptors (Lipinski definition) is 2. The van der Waals surface area contributed by atoms with Gasteiger partial charge in [-0.25, -0.2) is 9.97 Å². The third-order valence-corrected chi connectivity index (χ3v) is 3.91. The summed E-state index contributed by atoms with van der Waals surface area (Å²) in [6.07, 6.45) is 0. The van der Waals surface area contributed by atoms with E-state index in [1.54, 1.807) is 0 Å². The molecule has 0 bridgehead atoms. The third kappa shape index (κ3) is 2.21. The highest BCUT2D eigenvalue weighted by atomic mass is 79.9. The standard InChI is InChI=1S/C11H7BrCl2N2/c1-6-4-2-3-5-7(6)11-15-9(13)8(12)10(14)16-11/h2-5H,1H3. The molecule has 2 nitrogen and oxygen atoms in total. The van der Waals surface area contributed by atoms with E-state index >= 15 is 0 Å². The number of benzene rings is 1. The van der Waals surface area contributed by atoms with Gasteiger partial charge in [0.2, 0.25) is 0 Å². The van der Waals surface area contributed by atoms with Gasteiger partial charge in [-0.3, -0.25) is 0 Å². The first kappa shape index (κ1) is 11.8. The van der Waals surface area contributed by atoms with Crippen molar-refractivity contribution in [2.75, 3.05) is 0 Å². The summed E-state index contributed by atoms with van der Waals surface area (Å²) in [5.41, 5.74) is 2.01. The quantitative estimate of drug-likeness (QED) is 0.723. The predicted octanol–water partition coefficient (Wildman–Crippen LogP) is 4.52. The maximum Gasteiger partial charge on any atom is 0.162 e. The van der Waals surface area contributed by atoms with Gasteiger partial charge in [0.25, 0.3) is 0 Å². The Morgan fingerprint density at radius 1 is 1.06 bits per heavy atom. The first-order chi connectivity index (χ1) is 7.59. The minimum absolute atomic E-state index is 0.318. The lowest BCUT2D eigenvalue weighted by Crippen LogP contribution is -1.93. The van der Waals surface area contributed by atoms with Crippen LogP contribution in [0.5, 0.6) is 0 Å². The second kappa shape index (κ2) is 4.70. The molecule has 0 amide bonds. The average molecular weight is 318 g/mol. The smallest absolute Gasteiger partial charge is 0.162 e. The van der Waals surface area contributed by atoms with E-state index in [1.807, 2.05) is 31.2 Å². The van der Waals surface area contributed by atoms with Crippen molar-refractivity contribution in [1.82, 2.24) is 9.97 Å². The molecule has 2 rings (SSSR count). The van der Waals surface area contributed by atoms with Gasteiger partial charge in [0.15, 0.2) is 5.82 Å². The minimum atomic E-state index is 0.318. The van der Waals surface area contributed by atoms with Crippen LogP contribution in [0, 0.1) is 6.92 Å². The first-order valence-corrected chi connectivity index (χ1v) is 6.09. The Kier molecular flexibility index (Phi) is 3.47. The summed E-state index contributed by atoms with van der Waals surface area (Å²) < 4.78 is 0.521. The van der Waals surface area contributed by atoms with Crippen molar-refractivity contribution in [1.29, 1.82) is 0 Å². The Hall–Kier alpha value is -0.640. The summed E-state index contributed by atoms with van der Waals surface area (Å²) in [4.78, 5) is 8.38. The monoisotopic (exact) mass is 316 g/mol. The van der Waals surface area contributed by atoms with E-state index in [2.05, 4.69) is 25.9 Å². The SMILES string of the molecule is Cc1ccccc1-c1nc(Cl)c(Br)c(Cl)n1. The van der Waals surface area contributed by atoms with Crippen LogP contribution >= 0.6 is 39.1 Å². The van der Waals surface area contributed by atoms with E-state index in [-0.39, 0.29) is 0 Å². The van der Waals surface area contributed by atoms with Crippen LogP contribution in [0.4, 0.5) is 0 Å². The summed E-state index contributed by atoms with van der Waals surface area (Å²) in [7, 11) is 0. The van der Waals surface area contributed by atoms with Crippen LogP contribution in [-0.2, 0) is 0 Å². The van der Waals surface area contributed by atoms with Gasteiger partial charge in [-0.2, -0.15) is 0 Å². The summed E-state index contributed by atoms with van der Waals surface area (Å²) in [5, 5.41) is 0.636. The molecule has 1 aromatic heterocycles. The summed E-state index contributed by atoms with van der Waals surface area (Å²) in [6.45, 7) is 1.99. The highest BCUT2D eigenvalue weighted by Crippen LogP contribution is 2.30. The highest BCUT2D eigenvalue weighted by molar-refractivity contribution is 9.10. The van der Waals surface area contributed by atoms with E-state index in [9.17, 15) is 0 Å². The number of aromatic nitrogens is 2. The topological polar surface area (TPSA) is 25.8 Å². The molecule has 2 aromatic rings. The van der Waals surface area contributed by atoms with E-state index in [0.29, 0.717) is 20.6 Å². The summed E-state index contributed by atoms with van der Waals surface area (Å²) in [5.74, 6) is 0.538. The number of aryl methyl sites for hydroxylation is 1. The third-order valence-electron chi connectivity index (χ3n) is 2.16. The van der Waals surface area contributed by atoms with Crippen molar-refractivity contribution in [3.05, 3.63) is 44.6 Å². The van der Waals surface area contributed by atoms with Crippen molar-refractivity contribution >= 4 is 39.1 Å². The molecule has 5 heteroatoms. The maximum absolute atomic E-state index is 5.94. The zero-order chi connectivity index (χ0) is 11.7. The normalized spacial score (nSPS) is 10.5. The largest absolute Gasteiger partial charge is 0.215 e. The van der Waals surface area contributed by atoms with Crippen LogP contribution in [0.15, 0.2) is 28.7 Å². The molecule has 0 atom stereocenters. The molecule has 0 N–H and O–H groups in total.